The van der Waals surface area contributed by atoms with Crippen LogP contribution in [0.2, 0.25) is 0 Å². The second-order valence-electron chi connectivity index (χ2n) is 8.92. The largest absolute Gasteiger partial charge is 0.294 e. The van der Waals surface area contributed by atoms with Gasteiger partial charge in [0, 0.05) is 25.6 Å². The van der Waals surface area contributed by atoms with E-state index in [2.05, 4.69) is 80.3 Å². The van der Waals surface area contributed by atoms with E-state index in [1.807, 2.05) is 0 Å². The monoisotopic (exact) mass is 422 g/mol. The number of halogens is 1. The van der Waals surface area contributed by atoms with Gasteiger partial charge in [0.2, 0.25) is 0 Å². The topological polar surface area (TPSA) is 27.0 Å². The Morgan fingerprint density at radius 2 is 1.68 bits per heavy atom. The lowest BCUT2D eigenvalue weighted by Gasteiger charge is -2.35. The number of benzene rings is 2. The summed E-state index contributed by atoms with van der Waals surface area (Å²) in [6, 6.07) is 22.7. The van der Waals surface area contributed by atoms with Crippen LogP contribution in [0.25, 0.3) is 0 Å². The number of nitrogens with zero attached hydrogens (tertiary/aromatic N) is 2. The van der Waals surface area contributed by atoms with E-state index in [1.165, 1.54) is 36.5 Å². The Labute approximate surface area is 189 Å². The Kier molecular flexibility index (Phi) is 10.7. The van der Waals surface area contributed by atoms with Crippen molar-refractivity contribution in [3.05, 3.63) is 71.3 Å². The van der Waals surface area contributed by atoms with Gasteiger partial charge >= 0.3 is 0 Å². The zero-order valence-corrected chi connectivity index (χ0v) is 19.7. The van der Waals surface area contributed by atoms with Crippen molar-refractivity contribution in [3.8, 4) is 6.07 Å². The summed E-state index contributed by atoms with van der Waals surface area (Å²) in [5.74, 6) is 0.426. The van der Waals surface area contributed by atoms with Gasteiger partial charge in [-0.25, -0.2) is 4.39 Å². The lowest BCUT2D eigenvalue weighted by Crippen LogP contribution is -2.39. The summed E-state index contributed by atoms with van der Waals surface area (Å²) in [5, 5.41) is 7.32. The number of hydrogen-bond acceptors (Lipinski definition) is 2. The zero-order valence-electron chi connectivity index (χ0n) is 19.7. The van der Waals surface area contributed by atoms with Gasteiger partial charge < -0.3 is 0 Å². The van der Waals surface area contributed by atoms with Crippen LogP contribution in [0.4, 0.5) is 4.39 Å². The Morgan fingerprint density at radius 1 is 1.03 bits per heavy atom. The van der Waals surface area contributed by atoms with Crippen molar-refractivity contribution in [2.45, 2.75) is 96.9 Å². The number of hydrogen-bond donors (Lipinski definition) is 0. The molecule has 31 heavy (non-hydrogen) atoms. The molecule has 2 aromatic rings. The molecule has 1 aliphatic rings. The van der Waals surface area contributed by atoms with Crippen LogP contribution in [0, 0.1) is 11.3 Å². The molecule has 3 heteroatoms. The van der Waals surface area contributed by atoms with Gasteiger partial charge in [-0.15, -0.1) is 0 Å². The van der Waals surface area contributed by atoms with E-state index in [0.717, 1.165) is 25.8 Å². The maximum atomic E-state index is 13.5. The lowest BCUT2D eigenvalue weighted by molar-refractivity contribution is 0.132. The van der Waals surface area contributed by atoms with E-state index < -0.39 is 6.17 Å². The Balaban J connectivity index is 0.00000107. The molecule has 0 N–H and O–H groups in total. The highest BCUT2D eigenvalue weighted by molar-refractivity contribution is 5.26. The minimum Gasteiger partial charge on any atom is -0.294 e. The number of aryl methyl sites for hydroxylation is 1. The molecule has 1 fully saturated rings. The molecule has 3 atom stereocenters. The standard InChI is InChI=1S/C26H36FN.C2H3N/c1-4-26(28(20(2)3)19-22-8-6-5-7-9-22)17-12-21-10-13-23(14-11-21)24-15-16-25(27)18-24;1-2-3/h5-11,13-14,20,24-26H,4,12,15-19H2,1-3H3;1H3. The van der Waals surface area contributed by atoms with E-state index in [-0.39, 0.29) is 0 Å². The molecule has 0 saturated heterocycles. The molecule has 0 radical (unpaired) electrons. The molecular weight excluding hydrogens is 383 g/mol. The summed E-state index contributed by atoms with van der Waals surface area (Å²) in [6.45, 7) is 9.36. The summed E-state index contributed by atoms with van der Waals surface area (Å²) < 4.78 is 13.5. The third-order valence-electron chi connectivity index (χ3n) is 6.40. The molecule has 0 aliphatic heterocycles. The molecule has 168 valence electrons. The number of nitriles is 1. The van der Waals surface area contributed by atoms with Gasteiger partial charge in [0.1, 0.15) is 6.17 Å². The van der Waals surface area contributed by atoms with Crippen molar-refractivity contribution < 1.29 is 4.39 Å². The SMILES string of the molecule is CC#N.CCC(CCc1ccc(C2CCC(F)C2)cc1)N(Cc1ccccc1)C(C)C. The normalized spacial score (nSPS) is 19.0. The summed E-state index contributed by atoms with van der Waals surface area (Å²) >= 11 is 0. The van der Waals surface area contributed by atoms with Crippen molar-refractivity contribution in [1.82, 2.24) is 4.90 Å². The fraction of sp³-hybridized carbons (Fsp3) is 0.536. The molecule has 1 aliphatic carbocycles. The van der Waals surface area contributed by atoms with Crippen molar-refractivity contribution in [2.24, 2.45) is 0 Å². The fourth-order valence-electron chi connectivity index (χ4n) is 4.65. The highest BCUT2D eigenvalue weighted by Crippen LogP contribution is 2.36. The molecule has 0 spiro atoms. The van der Waals surface area contributed by atoms with Crippen LogP contribution in [-0.2, 0) is 13.0 Å². The minimum absolute atomic E-state index is 0.426. The van der Waals surface area contributed by atoms with Gasteiger partial charge in [0.25, 0.3) is 0 Å². The third kappa shape index (κ3) is 8.11. The van der Waals surface area contributed by atoms with E-state index in [0.29, 0.717) is 24.4 Å². The molecule has 0 heterocycles. The minimum atomic E-state index is -0.596. The highest BCUT2D eigenvalue weighted by Gasteiger charge is 2.25. The van der Waals surface area contributed by atoms with Crippen LogP contribution in [0.1, 0.15) is 82.4 Å². The second kappa shape index (κ2) is 13.3. The van der Waals surface area contributed by atoms with Gasteiger partial charge in [-0.1, -0.05) is 61.5 Å². The van der Waals surface area contributed by atoms with Crippen LogP contribution < -0.4 is 0 Å². The van der Waals surface area contributed by atoms with Crippen LogP contribution >= 0.6 is 0 Å². The second-order valence-corrected chi connectivity index (χ2v) is 8.92. The summed E-state index contributed by atoms with van der Waals surface area (Å²) in [6.07, 6.45) is 5.30. The fourth-order valence-corrected chi connectivity index (χ4v) is 4.65. The molecule has 0 bridgehead atoms. The number of alkyl halides is 1. The third-order valence-corrected chi connectivity index (χ3v) is 6.40. The summed E-state index contributed by atoms with van der Waals surface area (Å²) in [4.78, 5) is 2.64. The first-order valence-corrected chi connectivity index (χ1v) is 11.8. The first-order valence-electron chi connectivity index (χ1n) is 11.8. The van der Waals surface area contributed by atoms with Crippen molar-refractivity contribution in [3.63, 3.8) is 0 Å². The maximum absolute atomic E-state index is 13.5. The molecule has 3 rings (SSSR count). The van der Waals surface area contributed by atoms with Gasteiger partial charge in [0.15, 0.2) is 0 Å². The molecule has 2 nitrogen and oxygen atoms in total. The molecule has 0 amide bonds. The van der Waals surface area contributed by atoms with E-state index in [4.69, 9.17) is 5.26 Å². The first-order chi connectivity index (χ1) is 15.0. The highest BCUT2D eigenvalue weighted by atomic mass is 19.1. The van der Waals surface area contributed by atoms with Gasteiger partial charge in [-0.2, -0.15) is 5.26 Å². The summed E-state index contributed by atoms with van der Waals surface area (Å²) in [5.41, 5.74) is 4.12. The Bertz CT molecular complexity index is 779. The van der Waals surface area contributed by atoms with Crippen LogP contribution in [0.3, 0.4) is 0 Å². The van der Waals surface area contributed by atoms with Crippen molar-refractivity contribution in [2.75, 3.05) is 0 Å². The molecule has 3 unspecified atom stereocenters. The molecule has 2 aromatic carbocycles. The predicted octanol–water partition coefficient (Wildman–Crippen LogP) is 7.44. The van der Waals surface area contributed by atoms with E-state index in [1.54, 1.807) is 6.07 Å². The van der Waals surface area contributed by atoms with Crippen molar-refractivity contribution >= 4 is 0 Å². The van der Waals surface area contributed by atoms with Crippen LogP contribution in [0.5, 0.6) is 0 Å². The smallest absolute Gasteiger partial charge is 0.101 e. The van der Waals surface area contributed by atoms with E-state index >= 15 is 0 Å². The van der Waals surface area contributed by atoms with Gasteiger partial charge in [0.05, 0.1) is 6.07 Å². The van der Waals surface area contributed by atoms with Gasteiger partial charge in [-0.3, -0.25) is 4.90 Å². The molecular formula is C28H39FN2. The van der Waals surface area contributed by atoms with Crippen molar-refractivity contribution in [1.29, 1.82) is 5.26 Å². The van der Waals surface area contributed by atoms with Crippen LogP contribution in [-0.4, -0.2) is 23.2 Å². The Morgan fingerprint density at radius 3 is 2.19 bits per heavy atom. The quantitative estimate of drug-likeness (QED) is 0.420. The lowest BCUT2D eigenvalue weighted by atomic mass is 9.94. The number of rotatable bonds is 9. The molecule has 0 aromatic heterocycles. The Hall–Kier alpha value is -2.18. The predicted molar refractivity (Wildman–Crippen MR) is 129 cm³/mol. The first kappa shape index (κ1) is 25.1. The van der Waals surface area contributed by atoms with Crippen LogP contribution in [0.15, 0.2) is 54.6 Å². The van der Waals surface area contributed by atoms with E-state index in [9.17, 15) is 4.39 Å². The average Bonchev–Trinajstić information content (AvgIpc) is 3.21. The average molecular weight is 423 g/mol. The molecule has 1 saturated carbocycles. The zero-order chi connectivity index (χ0) is 22.6. The summed E-state index contributed by atoms with van der Waals surface area (Å²) in [7, 11) is 0. The maximum Gasteiger partial charge on any atom is 0.101 e. The van der Waals surface area contributed by atoms with Gasteiger partial charge in [-0.05, 0) is 75.0 Å².